The number of anilines is 4. The number of phenols is 1. The molecule has 0 aliphatic carbocycles. The number of hydrogen-bond acceptors (Lipinski definition) is 25. The fourth-order valence-electron chi connectivity index (χ4n) is 5.71. The van der Waals surface area contributed by atoms with E-state index in [1.165, 1.54) is 72.8 Å². The number of rotatable bonds is 20. The molecule has 0 aliphatic heterocycles. The van der Waals surface area contributed by atoms with Gasteiger partial charge in [-0.15, -0.1) is 24.0 Å². The van der Waals surface area contributed by atoms with E-state index >= 15 is 0 Å². The number of aromatic hydroxyl groups is 1. The van der Waals surface area contributed by atoms with E-state index in [1.807, 2.05) is 0 Å². The molecule has 0 radical (unpaired) electrons. The zero-order chi connectivity index (χ0) is 48.5. The lowest BCUT2D eigenvalue weighted by molar-refractivity contribution is -0.434. The molecule has 67 heavy (non-hydrogen) atoms. The highest BCUT2D eigenvalue weighted by atomic mass is 32.2. The van der Waals surface area contributed by atoms with Gasteiger partial charge < -0.3 is 22.3 Å². The van der Waals surface area contributed by atoms with Gasteiger partial charge in [0.1, 0.15) is 22.0 Å². The molecule has 0 saturated heterocycles. The second-order valence-electron chi connectivity index (χ2n) is 13.4. The Morgan fingerprint density at radius 2 is 1.24 bits per heavy atom. The van der Waals surface area contributed by atoms with Crippen molar-refractivity contribution in [3.8, 4) is 5.75 Å². The summed E-state index contributed by atoms with van der Waals surface area (Å²) in [4.78, 5) is -1.33. The van der Waals surface area contributed by atoms with E-state index in [1.54, 1.807) is 19.1 Å². The number of aryl methyl sites for hydroxylation is 1. The number of phenolic OH excluding ortho intramolecular Hbond substituents is 1. The van der Waals surface area contributed by atoms with Crippen LogP contribution in [0.3, 0.4) is 0 Å². The summed E-state index contributed by atoms with van der Waals surface area (Å²) in [7, 11) is -13.1. The smallest absolute Gasteiger partial charge is 0.295 e. The molecule has 6 aromatic rings. The van der Waals surface area contributed by atoms with Crippen LogP contribution in [-0.2, 0) is 52.9 Å². The lowest BCUT2D eigenvalue weighted by Crippen LogP contribution is -2.12. The van der Waals surface area contributed by atoms with Crippen LogP contribution in [0.15, 0.2) is 147 Å². The topological polar surface area (TPSA) is 394 Å². The second-order valence-corrected chi connectivity index (χ2v) is 19.8. The Bertz CT molecular complexity index is 3220. The van der Waals surface area contributed by atoms with Gasteiger partial charge in [-0.3, -0.25) is 13.5 Å². The van der Waals surface area contributed by atoms with Crippen LogP contribution < -0.4 is 21.9 Å². The van der Waals surface area contributed by atoms with Crippen LogP contribution in [0.1, 0.15) is 5.56 Å². The highest BCUT2D eigenvalue weighted by molar-refractivity contribution is 7.94. The minimum Gasteiger partial charge on any atom is -0.505 e. The number of sulfone groups is 1. The maximum absolute atomic E-state index is 13.2. The maximum Gasteiger partial charge on any atom is 0.295 e. The third-order valence-corrected chi connectivity index (χ3v) is 14.0. The van der Waals surface area contributed by atoms with Gasteiger partial charge in [0.2, 0.25) is 0 Å². The standard InChI is InChI=1S/C37H34N10O15S5/c1-20-16-30(29(39)18-28(20)38)44-41-21-2-4-24(5-3-21)47-66(53,54)26-12-8-22(9-13-26)42-45-31-19-33(67(55,56)57)27-17-32(63-61-59-49)36(37(48)34(27)35(31)40)46-43-23-6-10-25(11-7-23)65(51,52)15-14-58-64-62-60-50/h2-13,16-19,47-50H,14-15,38-40H2,1H3,(H,55,56,57)/b44-41+,45-42+,46-43+. The number of nitrogens with two attached hydrogens (primary N) is 3. The number of sulfonamides is 1. The Labute approximate surface area is 388 Å². The van der Waals surface area contributed by atoms with Crippen LogP contribution in [0.4, 0.5) is 56.9 Å². The predicted octanol–water partition coefficient (Wildman–Crippen LogP) is 9.10. The third kappa shape index (κ3) is 12.5. The van der Waals surface area contributed by atoms with E-state index in [0.29, 0.717) is 22.7 Å². The Balaban J connectivity index is 1.24. The zero-order valence-corrected chi connectivity index (χ0v) is 38.0. The maximum atomic E-state index is 13.2. The molecule has 0 heterocycles. The molecule has 6 rings (SSSR count). The molecule has 0 spiro atoms. The second kappa shape index (κ2) is 21.5. The van der Waals surface area contributed by atoms with Gasteiger partial charge in [0.15, 0.2) is 27.9 Å². The van der Waals surface area contributed by atoms with Crippen molar-refractivity contribution in [1.29, 1.82) is 0 Å². The van der Waals surface area contributed by atoms with Gasteiger partial charge >= 0.3 is 0 Å². The molecule has 25 nitrogen and oxygen atoms in total. The van der Waals surface area contributed by atoms with Crippen LogP contribution in [0.25, 0.3) is 10.8 Å². The van der Waals surface area contributed by atoms with Crippen molar-refractivity contribution >= 4 is 122 Å². The molecule has 0 aliphatic rings. The Hall–Kier alpha value is -6.39. The molecule has 6 aromatic carbocycles. The SMILES string of the molecule is Cc1cc(/N=N/c2ccc(NS(=O)(=O)c3ccc(/N=N/c4cc(S(=O)(=O)O)c5cc(SOOO)c(/N=N/c6ccc(S(=O)(=O)CCOSOOO)cc6)c(O)c5c4N)cc3)cc2)c(N)cc1N. The molecule has 0 fully saturated rings. The first kappa shape index (κ1) is 50.0. The molecule has 11 N–H and O–H groups in total. The number of fused-ring (bicyclic) bond motifs is 1. The predicted molar refractivity (Wildman–Crippen MR) is 244 cm³/mol. The van der Waals surface area contributed by atoms with Crippen LogP contribution in [0, 0.1) is 6.92 Å². The van der Waals surface area contributed by atoms with Crippen molar-refractivity contribution in [1.82, 2.24) is 0 Å². The lowest BCUT2D eigenvalue weighted by Gasteiger charge is -2.14. The first-order valence-electron chi connectivity index (χ1n) is 18.3. The zero-order valence-electron chi connectivity index (χ0n) is 33.9. The number of hydrogen-bond donors (Lipinski definition) is 8. The summed E-state index contributed by atoms with van der Waals surface area (Å²) in [6, 6.07) is 21.2. The van der Waals surface area contributed by atoms with Gasteiger partial charge in [0, 0.05) is 16.8 Å². The van der Waals surface area contributed by atoms with Crippen molar-refractivity contribution in [2.45, 2.75) is 26.5 Å². The average Bonchev–Trinajstić information content (AvgIpc) is 3.28. The van der Waals surface area contributed by atoms with E-state index in [-0.39, 0.29) is 79.5 Å². The van der Waals surface area contributed by atoms with Crippen molar-refractivity contribution < 1.29 is 68.4 Å². The molecule has 352 valence electrons. The van der Waals surface area contributed by atoms with Gasteiger partial charge in [0.25, 0.3) is 20.1 Å². The van der Waals surface area contributed by atoms with E-state index < -0.39 is 57.5 Å². The number of nitrogens with zero attached hydrogens (tertiary/aromatic N) is 6. The van der Waals surface area contributed by atoms with Crippen molar-refractivity contribution in [3.63, 3.8) is 0 Å². The molecule has 0 atom stereocenters. The molecular formula is C37H34N10O15S5. The summed E-state index contributed by atoms with van der Waals surface area (Å²) >= 11 is 0.451. The number of nitrogen functional groups attached to an aromatic ring is 3. The fraction of sp³-hybridized carbons (Fsp3) is 0.0811. The Kier molecular flexibility index (Phi) is 16.0. The third-order valence-electron chi connectivity index (χ3n) is 8.98. The van der Waals surface area contributed by atoms with Gasteiger partial charge in [-0.2, -0.15) is 23.8 Å². The Morgan fingerprint density at radius 1 is 0.672 bits per heavy atom. The largest absolute Gasteiger partial charge is 0.505 e. The average molecular weight is 1020 g/mol. The first-order chi connectivity index (χ1) is 31.8. The number of nitrogens with one attached hydrogen (secondary N) is 1. The minimum atomic E-state index is -5.09. The molecule has 0 saturated carbocycles. The van der Waals surface area contributed by atoms with E-state index in [9.17, 15) is 34.9 Å². The van der Waals surface area contributed by atoms with Gasteiger partial charge in [0.05, 0.1) is 72.9 Å². The monoisotopic (exact) mass is 1020 g/mol. The molecular weight excluding hydrogens is 985 g/mol. The van der Waals surface area contributed by atoms with E-state index in [0.717, 1.165) is 17.7 Å². The quantitative estimate of drug-likeness (QED) is 0.00671. The summed E-state index contributed by atoms with van der Waals surface area (Å²) < 4.78 is 103. The van der Waals surface area contributed by atoms with Gasteiger partial charge in [-0.05, 0) is 110 Å². The summed E-state index contributed by atoms with van der Waals surface area (Å²) in [6.45, 7) is 1.47. The van der Waals surface area contributed by atoms with Crippen LogP contribution in [-0.4, -0.2) is 57.8 Å². The summed E-state index contributed by atoms with van der Waals surface area (Å²) in [5, 5.41) is 59.1. The van der Waals surface area contributed by atoms with Gasteiger partial charge in [-0.1, -0.05) is 10.1 Å². The minimum absolute atomic E-state index is 0.0586. The van der Waals surface area contributed by atoms with Crippen molar-refractivity contribution in [3.05, 3.63) is 103 Å². The number of benzene rings is 6. The molecule has 0 aromatic heterocycles. The fourth-order valence-corrected chi connectivity index (χ4v) is 9.37. The first-order valence-corrected chi connectivity index (χ1v) is 24.3. The number of azo groups is 3. The molecule has 0 unspecified atom stereocenters. The normalized spacial score (nSPS) is 12.5. The molecule has 30 heteroatoms. The van der Waals surface area contributed by atoms with Crippen LogP contribution in [0.5, 0.6) is 5.75 Å². The van der Waals surface area contributed by atoms with Gasteiger partial charge in [-0.25, -0.2) is 27.4 Å². The van der Waals surface area contributed by atoms with Crippen molar-refractivity contribution in [2.24, 2.45) is 30.7 Å². The summed E-state index contributed by atoms with van der Waals surface area (Å²) in [5.74, 6) is -1.30. The molecule has 0 bridgehead atoms. The Morgan fingerprint density at radius 3 is 1.84 bits per heavy atom. The van der Waals surface area contributed by atoms with E-state index in [4.69, 9.17) is 31.9 Å². The van der Waals surface area contributed by atoms with Crippen molar-refractivity contribution in [2.75, 3.05) is 34.3 Å². The molecule has 0 amide bonds. The lowest BCUT2D eigenvalue weighted by atomic mass is 10.0. The van der Waals surface area contributed by atoms with Crippen LogP contribution >= 0.6 is 24.4 Å². The highest BCUT2D eigenvalue weighted by Gasteiger charge is 2.26. The summed E-state index contributed by atoms with van der Waals surface area (Å²) in [6.07, 6.45) is 0. The van der Waals surface area contributed by atoms with Crippen LogP contribution in [0.2, 0.25) is 0 Å². The summed E-state index contributed by atoms with van der Waals surface area (Å²) in [5.41, 5.74) is 19.8. The van der Waals surface area contributed by atoms with E-state index in [2.05, 4.69) is 54.2 Å². The highest BCUT2D eigenvalue weighted by Crippen LogP contribution is 2.50.